The highest BCUT2D eigenvalue weighted by Gasteiger charge is 2.23. The van der Waals surface area contributed by atoms with Gasteiger partial charge in [-0.05, 0) is 37.8 Å². The maximum atomic E-state index is 12.3. The third-order valence-corrected chi connectivity index (χ3v) is 7.61. The Morgan fingerprint density at radius 1 is 1.28 bits per heavy atom. The molecule has 29 heavy (non-hydrogen) atoms. The summed E-state index contributed by atoms with van der Waals surface area (Å²) >= 11 is 0. The summed E-state index contributed by atoms with van der Waals surface area (Å²) in [5.41, 5.74) is 0.0734. The molecule has 0 bridgehead atoms. The predicted octanol–water partition coefficient (Wildman–Crippen LogP) is 2.88. The fraction of sp³-hybridized carbons (Fsp3) is 0.550. The van der Waals surface area contributed by atoms with Crippen LogP contribution in [-0.2, 0) is 14.3 Å². The minimum atomic E-state index is -0.913. The fourth-order valence-corrected chi connectivity index (χ4v) is 5.99. The van der Waals surface area contributed by atoms with Gasteiger partial charge < -0.3 is 20.5 Å². The lowest BCUT2D eigenvalue weighted by Crippen LogP contribution is -2.43. The van der Waals surface area contributed by atoms with E-state index in [1.807, 2.05) is 21.6 Å². The summed E-state index contributed by atoms with van der Waals surface area (Å²) in [6.07, 6.45) is 4.94. The zero-order valence-corrected chi connectivity index (χ0v) is 18.2. The first-order valence-electron chi connectivity index (χ1n) is 9.73. The number of phenolic OH excluding ortho intramolecular Hbond substituents is 1. The molecular weight excluding hydrogens is 412 g/mol. The van der Waals surface area contributed by atoms with Gasteiger partial charge in [0.1, 0.15) is 11.8 Å². The lowest BCUT2D eigenvalue weighted by molar-refractivity contribution is -0.143. The predicted molar refractivity (Wildman–Crippen MR) is 116 cm³/mol. The van der Waals surface area contributed by atoms with Crippen molar-refractivity contribution in [3.8, 4) is 5.75 Å². The quantitative estimate of drug-likeness (QED) is 0.276. The van der Waals surface area contributed by atoms with Gasteiger partial charge in [0.15, 0.2) is 0 Å². The van der Waals surface area contributed by atoms with Gasteiger partial charge in [0.05, 0.1) is 12.7 Å². The molecule has 2 rings (SSSR count). The van der Waals surface area contributed by atoms with Crippen molar-refractivity contribution in [1.29, 1.82) is 0 Å². The lowest BCUT2D eigenvalue weighted by Gasteiger charge is -2.17. The smallest absolute Gasteiger partial charge is 0.328 e. The number of phenols is 1. The normalized spacial score (nSPS) is 16.8. The van der Waals surface area contributed by atoms with Gasteiger partial charge in [0, 0.05) is 24.0 Å². The second kappa shape index (κ2) is 12.6. The number of rotatable bonds is 11. The molecule has 160 valence electrons. The third kappa shape index (κ3) is 8.18. The maximum Gasteiger partial charge on any atom is 0.328 e. The monoisotopic (exact) mass is 440 g/mol. The summed E-state index contributed by atoms with van der Waals surface area (Å²) in [7, 11) is 5.11. The largest absolute Gasteiger partial charge is 0.507 e. The summed E-state index contributed by atoms with van der Waals surface area (Å²) < 4.78 is 4.73. The van der Waals surface area contributed by atoms with Crippen molar-refractivity contribution in [2.24, 2.45) is 0 Å². The van der Waals surface area contributed by atoms with Gasteiger partial charge in [-0.1, -0.05) is 40.1 Å². The Kier molecular flexibility index (Phi) is 10.2. The summed E-state index contributed by atoms with van der Waals surface area (Å²) in [6.45, 7) is 0.245. The molecule has 1 aliphatic heterocycles. The molecule has 0 saturated carbocycles. The fourth-order valence-electron chi connectivity index (χ4n) is 2.96. The Balaban J connectivity index is 1.71. The Hall–Kier alpha value is -1.87. The van der Waals surface area contributed by atoms with Crippen molar-refractivity contribution in [2.75, 3.05) is 19.4 Å². The molecule has 3 N–H and O–H groups in total. The molecule has 2 amide bonds. The molecule has 2 atom stereocenters. The number of carbonyl (C=O) groups excluding carboxylic acids is 3. The van der Waals surface area contributed by atoms with E-state index >= 15 is 0 Å². The Labute approximate surface area is 179 Å². The van der Waals surface area contributed by atoms with Crippen LogP contribution in [0.1, 0.15) is 48.9 Å². The first-order valence-corrected chi connectivity index (χ1v) is 12.1. The number of carbonyl (C=O) groups is 3. The molecule has 1 fully saturated rings. The number of benzene rings is 1. The van der Waals surface area contributed by atoms with Crippen LogP contribution in [0.4, 0.5) is 0 Å². The van der Waals surface area contributed by atoms with Gasteiger partial charge in [-0.3, -0.25) is 9.59 Å². The first kappa shape index (κ1) is 23.4. The van der Waals surface area contributed by atoms with E-state index in [4.69, 9.17) is 4.74 Å². The van der Waals surface area contributed by atoms with Crippen LogP contribution in [-0.4, -0.2) is 53.6 Å². The number of hydrogen-bond acceptors (Lipinski definition) is 7. The molecular formula is C20H28N2O5S2. The van der Waals surface area contributed by atoms with E-state index < -0.39 is 17.9 Å². The number of unbranched alkanes of at least 4 members (excludes halogenated alkanes) is 1. The SMILES string of the molecule is COC(=O)C(CCNC(=O)CCCCC1CCSS1)NC(=O)c1ccccc1O. The van der Waals surface area contributed by atoms with E-state index in [2.05, 4.69) is 10.6 Å². The van der Waals surface area contributed by atoms with Crippen LogP contribution in [0.3, 0.4) is 0 Å². The van der Waals surface area contributed by atoms with Gasteiger partial charge in [0.2, 0.25) is 5.91 Å². The Bertz CT molecular complexity index is 695. The molecule has 0 spiro atoms. The molecule has 1 aromatic carbocycles. The molecule has 1 saturated heterocycles. The molecule has 0 aromatic heterocycles. The van der Waals surface area contributed by atoms with Gasteiger partial charge in [-0.15, -0.1) is 0 Å². The van der Waals surface area contributed by atoms with E-state index in [0.717, 1.165) is 24.5 Å². The molecule has 1 aliphatic rings. The van der Waals surface area contributed by atoms with E-state index in [1.165, 1.54) is 31.4 Å². The minimum Gasteiger partial charge on any atom is -0.507 e. The van der Waals surface area contributed by atoms with E-state index in [0.29, 0.717) is 6.42 Å². The lowest BCUT2D eigenvalue weighted by atomic mass is 10.1. The standard InChI is InChI=1S/C20H28N2O5S2/c1-27-20(26)16(22-19(25)15-7-3-4-8-17(15)23)10-12-21-18(24)9-5-2-6-14-11-13-28-29-14/h3-4,7-8,14,16,23H,2,5-6,9-13H2,1H3,(H,21,24)(H,22,25). The average Bonchev–Trinajstić information content (AvgIpc) is 3.23. The van der Waals surface area contributed by atoms with Crippen molar-refractivity contribution >= 4 is 39.4 Å². The van der Waals surface area contributed by atoms with Gasteiger partial charge >= 0.3 is 5.97 Å². The maximum absolute atomic E-state index is 12.3. The molecule has 9 heteroatoms. The number of hydrogen-bond donors (Lipinski definition) is 3. The van der Waals surface area contributed by atoms with Crippen LogP contribution < -0.4 is 10.6 Å². The van der Waals surface area contributed by atoms with E-state index in [9.17, 15) is 19.5 Å². The van der Waals surface area contributed by atoms with Crippen LogP contribution in [0.15, 0.2) is 24.3 Å². The van der Waals surface area contributed by atoms with Crippen molar-refractivity contribution in [3.63, 3.8) is 0 Å². The van der Waals surface area contributed by atoms with Crippen molar-refractivity contribution in [1.82, 2.24) is 10.6 Å². The number of para-hydroxylation sites is 1. The Morgan fingerprint density at radius 3 is 2.76 bits per heavy atom. The molecule has 7 nitrogen and oxygen atoms in total. The number of nitrogens with one attached hydrogen (secondary N) is 2. The summed E-state index contributed by atoms with van der Waals surface area (Å²) in [4.78, 5) is 36.3. The van der Waals surface area contributed by atoms with Crippen molar-refractivity contribution in [3.05, 3.63) is 29.8 Å². The number of amides is 2. The summed E-state index contributed by atoms with van der Waals surface area (Å²) in [5, 5.41) is 15.8. The van der Waals surface area contributed by atoms with Gasteiger partial charge in [-0.2, -0.15) is 0 Å². The number of ether oxygens (including phenoxy) is 1. The van der Waals surface area contributed by atoms with Crippen molar-refractivity contribution in [2.45, 2.75) is 49.8 Å². The molecule has 0 radical (unpaired) electrons. The summed E-state index contributed by atoms with van der Waals surface area (Å²) in [6, 6.07) is 5.16. The third-order valence-electron chi connectivity index (χ3n) is 4.60. The highest BCUT2D eigenvalue weighted by atomic mass is 33.1. The van der Waals surface area contributed by atoms with Gasteiger partial charge in [0.25, 0.3) is 5.91 Å². The molecule has 1 aromatic rings. The first-order chi connectivity index (χ1) is 14.0. The minimum absolute atomic E-state index is 0.0610. The average molecular weight is 441 g/mol. The zero-order valence-electron chi connectivity index (χ0n) is 16.5. The van der Waals surface area contributed by atoms with Crippen LogP contribution in [0.2, 0.25) is 0 Å². The van der Waals surface area contributed by atoms with E-state index in [-0.39, 0.29) is 30.2 Å². The topological polar surface area (TPSA) is 105 Å². The number of methoxy groups -OCH3 is 1. The van der Waals surface area contributed by atoms with Crippen LogP contribution >= 0.6 is 21.6 Å². The second-order valence-electron chi connectivity index (χ2n) is 6.78. The zero-order chi connectivity index (χ0) is 21.1. The molecule has 2 unspecified atom stereocenters. The second-order valence-corrected chi connectivity index (χ2v) is 9.57. The highest BCUT2D eigenvalue weighted by molar-refractivity contribution is 8.77. The van der Waals surface area contributed by atoms with Gasteiger partial charge in [-0.25, -0.2) is 4.79 Å². The number of esters is 1. The highest BCUT2D eigenvalue weighted by Crippen LogP contribution is 2.39. The molecule has 0 aliphatic carbocycles. The molecule has 1 heterocycles. The van der Waals surface area contributed by atoms with Crippen LogP contribution in [0.5, 0.6) is 5.75 Å². The van der Waals surface area contributed by atoms with Crippen LogP contribution in [0, 0.1) is 0 Å². The van der Waals surface area contributed by atoms with E-state index in [1.54, 1.807) is 12.1 Å². The number of aromatic hydroxyl groups is 1. The summed E-state index contributed by atoms with van der Waals surface area (Å²) in [5.74, 6) is -0.189. The van der Waals surface area contributed by atoms with Crippen LogP contribution in [0.25, 0.3) is 0 Å². The van der Waals surface area contributed by atoms with Crippen molar-refractivity contribution < 1.29 is 24.2 Å². The Morgan fingerprint density at radius 2 is 2.07 bits per heavy atom.